The highest BCUT2D eigenvalue weighted by Gasteiger charge is 2.56. The summed E-state index contributed by atoms with van der Waals surface area (Å²) in [5.74, 6) is 0.289. The molecule has 0 amide bonds. The average Bonchev–Trinajstić information content (AvgIpc) is 3.64. The molecule has 0 bridgehead atoms. The van der Waals surface area contributed by atoms with Gasteiger partial charge in [0.15, 0.2) is 35.6 Å². The molecule has 232 valence electrons. The number of rotatable bonds is 6. The van der Waals surface area contributed by atoms with Gasteiger partial charge in [0.25, 0.3) is 0 Å². The molecule has 2 aromatic carbocycles. The molecule has 4 aliphatic heterocycles. The Morgan fingerprint density at radius 1 is 0.837 bits per heavy atom. The van der Waals surface area contributed by atoms with Crippen molar-refractivity contribution in [2.75, 3.05) is 41.3 Å². The molecule has 43 heavy (non-hydrogen) atoms. The van der Waals surface area contributed by atoms with E-state index in [0.29, 0.717) is 34.3 Å². The molecule has 0 aromatic heterocycles. The van der Waals surface area contributed by atoms with E-state index < -0.39 is 66.8 Å². The predicted molar refractivity (Wildman–Crippen MR) is 143 cm³/mol. The van der Waals surface area contributed by atoms with Crippen LogP contribution in [0.1, 0.15) is 35.6 Å². The van der Waals surface area contributed by atoms with E-state index in [1.54, 1.807) is 6.92 Å². The van der Waals surface area contributed by atoms with E-state index in [2.05, 4.69) is 0 Å². The number of cyclic esters (lactones) is 1. The average molecular weight is 603 g/mol. The number of aliphatic hydroxyl groups excluding tert-OH is 2. The Bertz CT molecular complexity index is 1370. The lowest BCUT2D eigenvalue weighted by Crippen LogP contribution is -2.63. The zero-order valence-corrected chi connectivity index (χ0v) is 24.1. The fourth-order valence-electron chi connectivity index (χ4n) is 6.92. The van der Waals surface area contributed by atoms with Crippen molar-refractivity contribution in [1.82, 2.24) is 0 Å². The first-order chi connectivity index (χ1) is 20.8. The van der Waals surface area contributed by atoms with Crippen LogP contribution in [-0.2, 0) is 28.5 Å². The van der Waals surface area contributed by atoms with Gasteiger partial charge >= 0.3 is 5.97 Å². The molecule has 4 heterocycles. The molecular weight excluding hydrogens is 568 g/mol. The van der Waals surface area contributed by atoms with E-state index in [1.165, 1.54) is 21.3 Å². The fourth-order valence-corrected chi connectivity index (χ4v) is 6.92. The van der Waals surface area contributed by atoms with Crippen LogP contribution in [0.15, 0.2) is 24.3 Å². The highest BCUT2D eigenvalue weighted by Crippen LogP contribution is 2.57. The van der Waals surface area contributed by atoms with Gasteiger partial charge in [-0.3, -0.25) is 4.79 Å². The number of ether oxygens (including phenoxy) is 10. The molecule has 3 saturated heterocycles. The van der Waals surface area contributed by atoms with Gasteiger partial charge in [-0.25, -0.2) is 0 Å². The zero-order chi connectivity index (χ0) is 30.0. The second kappa shape index (κ2) is 11.0. The first-order valence-electron chi connectivity index (χ1n) is 14.2. The Morgan fingerprint density at radius 3 is 2.21 bits per heavy atom. The van der Waals surface area contributed by atoms with Gasteiger partial charge in [-0.1, -0.05) is 0 Å². The minimum atomic E-state index is -1.42. The van der Waals surface area contributed by atoms with Gasteiger partial charge in [0, 0.05) is 11.8 Å². The number of hydrogen-bond donors (Lipinski definition) is 2. The normalized spacial score (nSPS) is 35.8. The van der Waals surface area contributed by atoms with Crippen LogP contribution >= 0.6 is 0 Å². The van der Waals surface area contributed by atoms with Crippen LogP contribution < -0.4 is 23.7 Å². The third-order valence-corrected chi connectivity index (χ3v) is 8.93. The van der Waals surface area contributed by atoms with Crippen molar-refractivity contribution in [2.45, 2.75) is 55.9 Å². The van der Waals surface area contributed by atoms with Crippen molar-refractivity contribution in [2.24, 2.45) is 11.8 Å². The molecule has 10 atom stereocenters. The molecule has 7 unspecified atom stereocenters. The first kappa shape index (κ1) is 28.4. The molecule has 3 fully saturated rings. The van der Waals surface area contributed by atoms with E-state index in [9.17, 15) is 15.0 Å². The van der Waals surface area contributed by atoms with Crippen molar-refractivity contribution < 1.29 is 62.4 Å². The Hall–Kier alpha value is -3.33. The van der Waals surface area contributed by atoms with Gasteiger partial charge in [0.1, 0.15) is 24.4 Å². The third-order valence-electron chi connectivity index (χ3n) is 8.93. The Labute approximate surface area is 247 Å². The number of aliphatic hydroxyl groups is 2. The number of carbonyl (C=O) groups is 1. The van der Waals surface area contributed by atoms with E-state index in [0.717, 1.165) is 11.1 Å². The van der Waals surface area contributed by atoms with Crippen molar-refractivity contribution in [3.63, 3.8) is 0 Å². The first-order valence-corrected chi connectivity index (χ1v) is 14.2. The van der Waals surface area contributed by atoms with Crippen LogP contribution in [0.4, 0.5) is 0 Å². The van der Waals surface area contributed by atoms with Crippen LogP contribution in [-0.4, -0.2) is 94.5 Å². The van der Waals surface area contributed by atoms with E-state index in [1.807, 2.05) is 24.3 Å². The Kier molecular flexibility index (Phi) is 7.27. The molecule has 13 nitrogen and oxygen atoms in total. The van der Waals surface area contributed by atoms with E-state index in [-0.39, 0.29) is 20.0 Å². The van der Waals surface area contributed by atoms with Crippen molar-refractivity contribution >= 4 is 5.97 Å². The lowest BCUT2D eigenvalue weighted by Gasteiger charge is -2.47. The lowest BCUT2D eigenvalue weighted by molar-refractivity contribution is -0.364. The van der Waals surface area contributed by atoms with Crippen LogP contribution in [0.5, 0.6) is 28.7 Å². The molecular formula is C30H34O13. The third kappa shape index (κ3) is 4.57. The maximum absolute atomic E-state index is 13.5. The minimum absolute atomic E-state index is 0.0473. The maximum Gasteiger partial charge on any atom is 0.310 e. The van der Waals surface area contributed by atoms with Crippen LogP contribution in [0, 0.1) is 11.8 Å². The summed E-state index contributed by atoms with van der Waals surface area (Å²) in [6.07, 6.45) is -6.70. The summed E-state index contributed by atoms with van der Waals surface area (Å²) in [7, 11) is 4.58. The van der Waals surface area contributed by atoms with Gasteiger partial charge in [-0.15, -0.1) is 0 Å². The van der Waals surface area contributed by atoms with Gasteiger partial charge in [-0.05, 0) is 47.9 Å². The second-order valence-electron chi connectivity index (χ2n) is 11.2. The predicted octanol–water partition coefficient (Wildman–Crippen LogP) is 1.64. The van der Waals surface area contributed by atoms with Crippen LogP contribution in [0.3, 0.4) is 0 Å². The number of fused-ring (bicyclic) bond motifs is 4. The molecule has 2 N–H and O–H groups in total. The summed E-state index contributed by atoms with van der Waals surface area (Å²) in [6.45, 7) is 1.99. The number of methoxy groups -OCH3 is 3. The molecule has 0 radical (unpaired) electrons. The number of esters is 1. The van der Waals surface area contributed by atoms with Gasteiger partial charge in [0.05, 0.1) is 46.6 Å². The molecule has 7 rings (SSSR count). The number of hydrogen-bond acceptors (Lipinski definition) is 13. The smallest absolute Gasteiger partial charge is 0.310 e. The maximum atomic E-state index is 13.5. The topological polar surface area (TPSA) is 150 Å². The highest BCUT2D eigenvalue weighted by atomic mass is 16.8. The Morgan fingerprint density at radius 2 is 1.53 bits per heavy atom. The summed E-state index contributed by atoms with van der Waals surface area (Å²) in [5.41, 5.74) is 2.19. The molecule has 13 heteroatoms. The minimum Gasteiger partial charge on any atom is -0.493 e. The standard InChI is InChI=1S/C30H34O13/c1-12-37-10-21-28(41-12)24(31)25(32)30(42-21)43-26-15-8-18-17(39-11-40-18)7-14(15)22(23-16(26)9-38-29(23)33)13-5-19(34-2)27(36-4)20(6-13)35-3/h5-8,12,16,21-26,28,30-32H,9-11H2,1-4H3/t12-,16+,21?,22?,23?,24?,25?,26-,28?,30?/m1/s1. The fraction of sp³-hybridized carbons (Fsp3) is 0.567. The quantitative estimate of drug-likeness (QED) is 0.462. The van der Waals surface area contributed by atoms with Crippen molar-refractivity contribution in [3.8, 4) is 28.7 Å². The monoisotopic (exact) mass is 602 g/mol. The second-order valence-corrected chi connectivity index (χ2v) is 11.2. The summed E-state index contributed by atoms with van der Waals surface area (Å²) >= 11 is 0. The SMILES string of the molecule is COc1cc(C2c3cc4c(cc3[C@@H](OC3OC5CO[C@@H](C)OC5C(O)C3O)[C@H]3COC(=O)C23)OCO4)cc(OC)c1OC. The van der Waals surface area contributed by atoms with Crippen molar-refractivity contribution in [3.05, 3.63) is 41.0 Å². The van der Waals surface area contributed by atoms with Crippen LogP contribution in [0.25, 0.3) is 0 Å². The number of carbonyl (C=O) groups excluding carboxylic acids is 1. The van der Waals surface area contributed by atoms with Crippen molar-refractivity contribution in [1.29, 1.82) is 0 Å². The molecule has 0 spiro atoms. The lowest BCUT2D eigenvalue weighted by atomic mass is 9.66. The zero-order valence-electron chi connectivity index (χ0n) is 24.1. The number of benzene rings is 2. The van der Waals surface area contributed by atoms with E-state index >= 15 is 0 Å². The van der Waals surface area contributed by atoms with E-state index in [4.69, 9.17) is 47.4 Å². The van der Waals surface area contributed by atoms with Gasteiger partial charge in [-0.2, -0.15) is 0 Å². The molecule has 5 aliphatic rings. The summed E-state index contributed by atoms with van der Waals surface area (Å²) in [6, 6.07) is 7.31. The Balaban J connectivity index is 1.32. The summed E-state index contributed by atoms with van der Waals surface area (Å²) in [5, 5.41) is 22.0. The largest absolute Gasteiger partial charge is 0.493 e. The highest BCUT2D eigenvalue weighted by molar-refractivity contribution is 5.79. The molecule has 2 aromatic rings. The summed E-state index contributed by atoms with van der Waals surface area (Å²) < 4.78 is 57.7. The molecule has 0 saturated carbocycles. The molecule has 1 aliphatic carbocycles. The summed E-state index contributed by atoms with van der Waals surface area (Å²) in [4.78, 5) is 13.5. The van der Waals surface area contributed by atoms with Crippen LogP contribution in [0.2, 0.25) is 0 Å². The van der Waals surface area contributed by atoms with Gasteiger partial charge in [0.2, 0.25) is 12.5 Å². The van der Waals surface area contributed by atoms with Gasteiger partial charge < -0.3 is 57.6 Å².